The lowest BCUT2D eigenvalue weighted by atomic mass is 10.1. The van der Waals surface area contributed by atoms with Crippen LogP contribution in [0.5, 0.6) is 23.0 Å². The lowest BCUT2D eigenvalue weighted by Gasteiger charge is -2.09. The Morgan fingerprint density at radius 1 is 0.675 bits per heavy atom. The summed E-state index contributed by atoms with van der Waals surface area (Å²) in [6.07, 6.45) is 2.96. The van der Waals surface area contributed by atoms with Gasteiger partial charge >= 0.3 is 0 Å². The normalized spacial score (nSPS) is 13.2. The van der Waals surface area contributed by atoms with Gasteiger partial charge in [0.25, 0.3) is 11.8 Å². The van der Waals surface area contributed by atoms with Gasteiger partial charge in [-0.1, -0.05) is 36.4 Å². The fourth-order valence-electron chi connectivity index (χ4n) is 4.04. The molecule has 2 heterocycles. The van der Waals surface area contributed by atoms with Gasteiger partial charge in [0, 0.05) is 13.1 Å². The van der Waals surface area contributed by atoms with E-state index in [9.17, 15) is 20.1 Å². The van der Waals surface area contributed by atoms with Crippen molar-refractivity contribution in [2.75, 3.05) is 13.6 Å². The van der Waals surface area contributed by atoms with E-state index in [-0.39, 0.29) is 37.8 Å². The second-order valence-corrected chi connectivity index (χ2v) is 8.75. The monoisotopic (exact) mass is 534 g/mol. The van der Waals surface area contributed by atoms with Crippen LogP contribution in [0.15, 0.2) is 71.8 Å². The van der Waals surface area contributed by atoms with Gasteiger partial charge < -0.3 is 29.6 Å². The molecule has 10 nitrogen and oxygen atoms in total. The molecule has 0 bridgehead atoms. The minimum atomic E-state index is -0.522. The molecule has 2 amide bonds. The molecular weight excluding hydrogens is 512 g/mol. The van der Waals surface area contributed by atoms with Crippen molar-refractivity contribution in [2.24, 2.45) is 0 Å². The van der Waals surface area contributed by atoms with Crippen LogP contribution in [0.3, 0.4) is 0 Å². The Hall–Kier alpha value is -5.74. The molecule has 0 spiro atoms. The third-order valence-corrected chi connectivity index (χ3v) is 6.04. The Kier molecular flexibility index (Phi) is 7.61. The van der Waals surface area contributed by atoms with Crippen LogP contribution in [0.1, 0.15) is 22.3 Å². The summed E-state index contributed by atoms with van der Waals surface area (Å²) in [6, 6.07) is 21.4. The van der Waals surface area contributed by atoms with Gasteiger partial charge in [0.15, 0.2) is 23.0 Å². The summed E-state index contributed by atoms with van der Waals surface area (Å²) in [5.41, 5.74) is 2.71. The first-order chi connectivity index (χ1) is 19.5. The molecule has 0 radical (unpaired) electrons. The first-order valence-corrected chi connectivity index (χ1v) is 12.2. The van der Waals surface area contributed by atoms with Gasteiger partial charge in [0.2, 0.25) is 13.6 Å². The highest BCUT2D eigenvalue weighted by atomic mass is 16.7. The molecule has 2 aliphatic heterocycles. The second-order valence-electron chi connectivity index (χ2n) is 8.75. The molecule has 0 aliphatic carbocycles. The average Bonchev–Trinajstić information content (AvgIpc) is 3.65. The fourth-order valence-corrected chi connectivity index (χ4v) is 4.04. The van der Waals surface area contributed by atoms with E-state index in [1.165, 1.54) is 12.2 Å². The second kappa shape index (κ2) is 11.8. The summed E-state index contributed by atoms with van der Waals surface area (Å²) in [7, 11) is 0. The Labute approximate surface area is 229 Å². The zero-order valence-electron chi connectivity index (χ0n) is 21.1. The number of nitrogens with one attached hydrogen (secondary N) is 2. The Morgan fingerprint density at radius 3 is 1.57 bits per heavy atom. The van der Waals surface area contributed by atoms with Gasteiger partial charge in [-0.05, 0) is 58.7 Å². The maximum Gasteiger partial charge on any atom is 0.262 e. The number of nitriles is 2. The number of carbonyl (C=O) groups is 2. The highest BCUT2D eigenvalue weighted by molar-refractivity contribution is 6.02. The average molecular weight is 535 g/mol. The largest absolute Gasteiger partial charge is 0.454 e. The molecule has 198 valence electrons. The standard InChI is InChI=1S/C30H22N4O6/c31-13-23(9-19-4-6-25-27(11-19)39-17-37-25)29(35)33-15-21-2-1-3-22(8-21)16-34-30(36)24(14-32)10-20-5-7-26-28(12-20)40-18-38-26/h1-12H,15-18H2,(H,33,35)(H,34,36)/b23-9-,24-10-. The van der Waals surface area contributed by atoms with Crippen LogP contribution in [0.2, 0.25) is 0 Å². The number of benzene rings is 3. The number of ether oxygens (including phenoxy) is 4. The zero-order chi connectivity index (χ0) is 27.9. The molecule has 0 atom stereocenters. The molecular formula is C30H22N4O6. The Bertz CT molecular complexity index is 1510. The van der Waals surface area contributed by atoms with Crippen molar-refractivity contribution >= 4 is 24.0 Å². The van der Waals surface area contributed by atoms with Crippen LogP contribution in [-0.2, 0) is 22.7 Å². The zero-order valence-corrected chi connectivity index (χ0v) is 21.1. The number of hydrogen-bond donors (Lipinski definition) is 2. The van der Waals surface area contributed by atoms with E-state index in [1.807, 2.05) is 30.3 Å². The van der Waals surface area contributed by atoms with Crippen molar-refractivity contribution in [1.82, 2.24) is 10.6 Å². The van der Waals surface area contributed by atoms with E-state index in [0.29, 0.717) is 34.1 Å². The van der Waals surface area contributed by atoms with Crippen molar-refractivity contribution in [1.29, 1.82) is 10.5 Å². The number of amides is 2. The van der Waals surface area contributed by atoms with Gasteiger partial charge in [0.1, 0.15) is 23.3 Å². The van der Waals surface area contributed by atoms with Gasteiger partial charge in [0.05, 0.1) is 0 Å². The lowest BCUT2D eigenvalue weighted by molar-refractivity contribution is -0.118. The molecule has 5 rings (SSSR count). The number of carbonyl (C=O) groups excluding carboxylic acids is 2. The maximum absolute atomic E-state index is 12.6. The van der Waals surface area contributed by atoms with Gasteiger partial charge in [-0.2, -0.15) is 10.5 Å². The fraction of sp³-hybridized carbons (Fsp3) is 0.133. The van der Waals surface area contributed by atoms with Crippen LogP contribution >= 0.6 is 0 Å². The molecule has 10 heteroatoms. The third-order valence-electron chi connectivity index (χ3n) is 6.04. The molecule has 3 aromatic rings. The number of hydrogen-bond acceptors (Lipinski definition) is 8. The van der Waals surface area contributed by atoms with Crippen LogP contribution in [0.4, 0.5) is 0 Å². The summed E-state index contributed by atoms with van der Waals surface area (Å²) in [6.45, 7) is 0.616. The number of fused-ring (bicyclic) bond motifs is 2. The van der Waals surface area contributed by atoms with Crippen molar-refractivity contribution < 1.29 is 28.5 Å². The first-order valence-electron chi connectivity index (χ1n) is 12.2. The third kappa shape index (κ3) is 6.04. The highest BCUT2D eigenvalue weighted by Crippen LogP contribution is 2.34. The van der Waals surface area contributed by atoms with Crippen molar-refractivity contribution in [2.45, 2.75) is 13.1 Å². The smallest absolute Gasteiger partial charge is 0.262 e. The quantitative estimate of drug-likeness (QED) is 0.330. The summed E-state index contributed by atoms with van der Waals surface area (Å²) in [5, 5.41) is 24.5. The predicted octanol–water partition coefficient (Wildman–Crippen LogP) is 3.59. The van der Waals surface area contributed by atoms with E-state index < -0.39 is 11.8 Å². The minimum Gasteiger partial charge on any atom is -0.454 e. The van der Waals surface area contributed by atoms with E-state index in [4.69, 9.17) is 18.9 Å². The first kappa shape index (κ1) is 25.9. The van der Waals surface area contributed by atoms with Gasteiger partial charge in [-0.15, -0.1) is 0 Å². The molecule has 2 N–H and O–H groups in total. The molecule has 0 unspecified atom stereocenters. The number of nitrogens with zero attached hydrogens (tertiary/aromatic N) is 2. The SMILES string of the molecule is N#C/C(=C/c1ccc2c(c1)OCO2)C(=O)NCc1cccc(CNC(=O)/C(C#N)=C\c2ccc3c(c2)OCO3)c1. The molecule has 0 saturated heterocycles. The summed E-state index contributed by atoms with van der Waals surface area (Å²) < 4.78 is 21.2. The topological polar surface area (TPSA) is 143 Å². The lowest BCUT2D eigenvalue weighted by Crippen LogP contribution is -2.25. The summed E-state index contributed by atoms with van der Waals surface area (Å²) >= 11 is 0. The summed E-state index contributed by atoms with van der Waals surface area (Å²) in [5.74, 6) is 1.29. The van der Waals surface area contributed by atoms with Crippen LogP contribution < -0.4 is 29.6 Å². The molecule has 0 aromatic heterocycles. The molecule has 0 fully saturated rings. The van der Waals surface area contributed by atoms with E-state index in [1.54, 1.807) is 42.5 Å². The van der Waals surface area contributed by atoms with Crippen LogP contribution in [0.25, 0.3) is 12.2 Å². The van der Waals surface area contributed by atoms with Crippen molar-refractivity contribution in [3.63, 3.8) is 0 Å². The highest BCUT2D eigenvalue weighted by Gasteiger charge is 2.16. The minimum absolute atomic E-state index is 0.0550. The van der Waals surface area contributed by atoms with Crippen molar-refractivity contribution in [3.05, 3.63) is 94.1 Å². The Morgan fingerprint density at radius 2 is 1.12 bits per heavy atom. The molecule has 0 saturated carbocycles. The predicted molar refractivity (Wildman–Crippen MR) is 142 cm³/mol. The van der Waals surface area contributed by atoms with Gasteiger partial charge in [-0.3, -0.25) is 9.59 Å². The Balaban J connectivity index is 1.17. The van der Waals surface area contributed by atoms with E-state index in [2.05, 4.69) is 10.6 Å². The maximum atomic E-state index is 12.6. The van der Waals surface area contributed by atoms with Crippen LogP contribution in [0, 0.1) is 22.7 Å². The van der Waals surface area contributed by atoms with E-state index in [0.717, 1.165) is 11.1 Å². The number of rotatable bonds is 8. The van der Waals surface area contributed by atoms with E-state index >= 15 is 0 Å². The van der Waals surface area contributed by atoms with Crippen molar-refractivity contribution in [3.8, 4) is 35.1 Å². The molecule has 3 aromatic carbocycles. The summed E-state index contributed by atoms with van der Waals surface area (Å²) in [4.78, 5) is 25.3. The van der Waals surface area contributed by atoms with Crippen LogP contribution in [-0.4, -0.2) is 25.4 Å². The molecule has 40 heavy (non-hydrogen) atoms. The molecule has 2 aliphatic rings. The van der Waals surface area contributed by atoms with Gasteiger partial charge in [-0.25, -0.2) is 0 Å².